The molecule has 2 heterocycles. The second kappa shape index (κ2) is 8.23. The molecule has 0 aromatic rings. The van der Waals surface area contributed by atoms with Crippen molar-refractivity contribution in [1.82, 2.24) is 15.1 Å². The predicted molar refractivity (Wildman–Crippen MR) is 82.6 cm³/mol. The van der Waals surface area contributed by atoms with Gasteiger partial charge >= 0.3 is 0 Å². The van der Waals surface area contributed by atoms with Gasteiger partial charge in [0.2, 0.25) is 0 Å². The average molecular weight is 267 g/mol. The van der Waals surface area contributed by atoms with Crippen LogP contribution in [0, 0.1) is 0 Å². The Morgan fingerprint density at radius 1 is 1.11 bits per heavy atom. The van der Waals surface area contributed by atoms with Gasteiger partial charge in [-0.1, -0.05) is 20.3 Å². The van der Waals surface area contributed by atoms with Crippen LogP contribution in [0.4, 0.5) is 0 Å². The van der Waals surface area contributed by atoms with Crippen molar-refractivity contribution in [2.75, 3.05) is 39.3 Å². The number of hydrogen-bond acceptors (Lipinski definition) is 3. The summed E-state index contributed by atoms with van der Waals surface area (Å²) in [7, 11) is 0. The molecule has 2 saturated heterocycles. The number of rotatable bonds is 8. The maximum absolute atomic E-state index is 3.63. The molecule has 0 aromatic heterocycles. The Morgan fingerprint density at radius 3 is 2.58 bits per heavy atom. The van der Waals surface area contributed by atoms with Gasteiger partial charge in [0.15, 0.2) is 0 Å². The lowest BCUT2D eigenvalue weighted by Gasteiger charge is -2.29. The molecular formula is C16H33N3. The van der Waals surface area contributed by atoms with Crippen molar-refractivity contribution in [3.63, 3.8) is 0 Å². The van der Waals surface area contributed by atoms with Crippen LogP contribution in [0.5, 0.6) is 0 Å². The standard InChI is InChI=1S/C16H33N3/c1-3-7-15(13-17-9-4-2)19-12-8-16(14-19)18-10-5-6-11-18/h15-17H,3-14H2,1-2H3. The number of hydrogen-bond donors (Lipinski definition) is 1. The minimum Gasteiger partial charge on any atom is -0.315 e. The van der Waals surface area contributed by atoms with E-state index in [2.05, 4.69) is 29.0 Å². The lowest BCUT2D eigenvalue weighted by atomic mass is 10.1. The lowest BCUT2D eigenvalue weighted by molar-refractivity contribution is 0.189. The minimum atomic E-state index is 0.768. The van der Waals surface area contributed by atoms with Crippen LogP contribution in [0.3, 0.4) is 0 Å². The quantitative estimate of drug-likeness (QED) is 0.681. The Hall–Kier alpha value is -0.120. The third-order valence-electron chi connectivity index (χ3n) is 4.80. The summed E-state index contributed by atoms with van der Waals surface area (Å²) in [6, 6.07) is 1.62. The van der Waals surface area contributed by atoms with Crippen LogP contribution in [0.1, 0.15) is 52.4 Å². The Morgan fingerprint density at radius 2 is 1.89 bits per heavy atom. The van der Waals surface area contributed by atoms with Crippen molar-refractivity contribution >= 4 is 0 Å². The largest absolute Gasteiger partial charge is 0.315 e. The maximum atomic E-state index is 3.63. The fraction of sp³-hybridized carbons (Fsp3) is 1.00. The van der Waals surface area contributed by atoms with Crippen LogP contribution in [-0.2, 0) is 0 Å². The van der Waals surface area contributed by atoms with Crippen molar-refractivity contribution in [2.45, 2.75) is 64.5 Å². The molecule has 0 aromatic carbocycles. The zero-order valence-electron chi connectivity index (χ0n) is 13.0. The summed E-state index contributed by atoms with van der Waals surface area (Å²) in [4.78, 5) is 5.50. The Bertz CT molecular complexity index is 238. The molecule has 19 heavy (non-hydrogen) atoms. The van der Waals surface area contributed by atoms with E-state index in [0.717, 1.165) is 12.1 Å². The van der Waals surface area contributed by atoms with Crippen molar-refractivity contribution in [3.05, 3.63) is 0 Å². The Labute approximate surface area is 119 Å². The van der Waals surface area contributed by atoms with Crippen LogP contribution in [0.2, 0.25) is 0 Å². The van der Waals surface area contributed by atoms with Gasteiger partial charge in [0.05, 0.1) is 0 Å². The monoisotopic (exact) mass is 267 g/mol. The first-order valence-electron chi connectivity index (χ1n) is 8.54. The molecular weight excluding hydrogens is 234 g/mol. The first-order valence-corrected chi connectivity index (χ1v) is 8.54. The van der Waals surface area contributed by atoms with Gasteiger partial charge in [0.1, 0.15) is 0 Å². The summed E-state index contributed by atoms with van der Waals surface area (Å²) in [6.45, 7) is 12.3. The SMILES string of the molecule is CCCNCC(CCC)N1CCC(N2CCCC2)C1. The number of likely N-dealkylation sites (tertiary alicyclic amines) is 2. The molecule has 1 N–H and O–H groups in total. The molecule has 112 valence electrons. The summed E-state index contributed by atoms with van der Waals surface area (Å²) in [5.41, 5.74) is 0. The van der Waals surface area contributed by atoms with E-state index in [1.165, 1.54) is 77.8 Å². The van der Waals surface area contributed by atoms with Crippen molar-refractivity contribution < 1.29 is 0 Å². The number of nitrogens with zero attached hydrogens (tertiary/aromatic N) is 2. The Balaban J connectivity index is 1.77. The van der Waals surface area contributed by atoms with E-state index < -0.39 is 0 Å². The molecule has 2 rings (SSSR count). The minimum absolute atomic E-state index is 0.768. The van der Waals surface area contributed by atoms with E-state index in [9.17, 15) is 0 Å². The third kappa shape index (κ3) is 4.44. The highest BCUT2D eigenvalue weighted by molar-refractivity contribution is 4.89. The molecule has 3 heteroatoms. The molecule has 2 atom stereocenters. The molecule has 0 bridgehead atoms. The summed E-state index contributed by atoms with van der Waals surface area (Å²) in [6.07, 6.45) is 8.15. The molecule has 3 nitrogen and oxygen atoms in total. The molecule has 2 fully saturated rings. The summed E-state index contributed by atoms with van der Waals surface area (Å²) >= 11 is 0. The second-order valence-electron chi connectivity index (χ2n) is 6.33. The van der Waals surface area contributed by atoms with Crippen LogP contribution in [0.25, 0.3) is 0 Å². The van der Waals surface area contributed by atoms with Crippen molar-refractivity contribution in [3.8, 4) is 0 Å². The van der Waals surface area contributed by atoms with Gasteiger partial charge in [0.25, 0.3) is 0 Å². The molecule has 0 amide bonds. The van der Waals surface area contributed by atoms with Gasteiger partial charge in [0, 0.05) is 31.7 Å². The Kier molecular flexibility index (Phi) is 6.62. The van der Waals surface area contributed by atoms with Crippen LogP contribution in [-0.4, -0.2) is 61.2 Å². The van der Waals surface area contributed by atoms with Crippen molar-refractivity contribution in [1.29, 1.82) is 0 Å². The first kappa shape index (κ1) is 15.3. The van der Waals surface area contributed by atoms with Crippen LogP contribution in [0.15, 0.2) is 0 Å². The first-order chi connectivity index (χ1) is 9.35. The smallest absolute Gasteiger partial charge is 0.0235 e. The van der Waals surface area contributed by atoms with Crippen LogP contribution >= 0.6 is 0 Å². The lowest BCUT2D eigenvalue weighted by Crippen LogP contribution is -2.43. The molecule has 2 aliphatic heterocycles. The van der Waals surface area contributed by atoms with E-state index in [0.29, 0.717) is 0 Å². The van der Waals surface area contributed by atoms with Gasteiger partial charge in [-0.25, -0.2) is 0 Å². The number of nitrogens with one attached hydrogen (secondary N) is 1. The zero-order valence-corrected chi connectivity index (χ0v) is 13.0. The maximum Gasteiger partial charge on any atom is 0.0235 e. The van der Waals surface area contributed by atoms with E-state index in [1.807, 2.05) is 0 Å². The van der Waals surface area contributed by atoms with E-state index >= 15 is 0 Å². The summed E-state index contributed by atoms with van der Waals surface area (Å²) < 4.78 is 0. The highest BCUT2D eigenvalue weighted by Crippen LogP contribution is 2.23. The van der Waals surface area contributed by atoms with Gasteiger partial charge < -0.3 is 5.32 Å². The van der Waals surface area contributed by atoms with E-state index in [1.54, 1.807) is 0 Å². The molecule has 2 unspecified atom stereocenters. The summed E-state index contributed by atoms with van der Waals surface area (Å²) in [5, 5.41) is 3.63. The molecule has 0 saturated carbocycles. The normalized spacial score (nSPS) is 27.2. The van der Waals surface area contributed by atoms with Crippen molar-refractivity contribution in [2.24, 2.45) is 0 Å². The predicted octanol–water partition coefficient (Wildman–Crippen LogP) is 2.32. The van der Waals surface area contributed by atoms with Gasteiger partial charge in [-0.05, 0) is 51.7 Å². The van der Waals surface area contributed by atoms with E-state index in [-0.39, 0.29) is 0 Å². The summed E-state index contributed by atoms with van der Waals surface area (Å²) in [5.74, 6) is 0. The molecule has 0 aliphatic carbocycles. The molecule has 0 radical (unpaired) electrons. The van der Waals surface area contributed by atoms with Gasteiger partial charge in [-0.3, -0.25) is 9.80 Å². The third-order valence-corrected chi connectivity index (χ3v) is 4.80. The van der Waals surface area contributed by atoms with Gasteiger partial charge in [-0.15, -0.1) is 0 Å². The fourth-order valence-electron chi connectivity index (χ4n) is 3.70. The second-order valence-corrected chi connectivity index (χ2v) is 6.33. The zero-order chi connectivity index (χ0) is 13.5. The average Bonchev–Trinajstić information content (AvgIpc) is 3.08. The van der Waals surface area contributed by atoms with Crippen LogP contribution < -0.4 is 5.32 Å². The molecule has 0 spiro atoms. The topological polar surface area (TPSA) is 18.5 Å². The van der Waals surface area contributed by atoms with Gasteiger partial charge in [-0.2, -0.15) is 0 Å². The highest BCUT2D eigenvalue weighted by Gasteiger charge is 2.32. The molecule has 2 aliphatic rings. The highest BCUT2D eigenvalue weighted by atomic mass is 15.3. The fourth-order valence-corrected chi connectivity index (χ4v) is 3.70. The van der Waals surface area contributed by atoms with E-state index in [4.69, 9.17) is 0 Å².